The van der Waals surface area contributed by atoms with E-state index >= 15 is 0 Å². The lowest BCUT2D eigenvalue weighted by molar-refractivity contribution is -0.220. The molecule has 16 nitrogen and oxygen atoms in total. The SMILES string of the molecule is CCCCCCCC/C=C\CCCCCCCC(=O)OCC(COP(=O)(O)OC1C(O)C(O)C(O)C(O)C1O)OC(=O)CCC/C=C\CC1C(O)CC(O)C1/C=C/C(O)CCCCC. The van der Waals surface area contributed by atoms with Crippen LogP contribution >= 0.6 is 7.82 Å². The van der Waals surface area contributed by atoms with Crippen LogP contribution < -0.4 is 0 Å². The maximum Gasteiger partial charge on any atom is 0.472 e. The van der Waals surface area contributed by atoms with Crippen molar-refractivity contribution >= 4 is 19.8 Å². The molecule has 0 amide bonds. The summed E-state index contributed by atoms with van der Waals surface area (Å²) < 4.78 is 33.5. The molecular weight excluding hydrogens is 851 g/mol. The van der Waals surface area contributed by atoms with Crippen LogP contribution in [0.15, 0.2) is 36.5 Å². The third kappa shape index (κ3) is 23.6. The van der Waals surface area contributed by atoms with Crippen LogP contribution in [0, 0.1) is 11.8 Å². The van der Waals surface area contributed by atoms with Crippen LogP contribution in [-0.4, -0.2) is 132 Å². The minimum Gasteiger partial charge on any atom is -0.462 e. The summed E-state index contributed by atoms with van der Waals surface area (Å²) in [4.78, 5) is 35.9. The molecule has 2 fully saturated rings. The van der Waals surface area contributed by atoms with E-state index in [2.05, 4.69) is 26.0 Å². The number of esters is 2. The Kier molecular flexibility index (Phi) is 30.3. The number of phosphoric ester groups is 1. The molecule has 0 aromatic carbocycles. The van der Waals surface area contributed by atoms with Gasteiger partial charge in [-0.1, -0.05) is 121 Å². The van der Waals surface area contributed by atoms with Gasteiger partial charge < -0.3 is 55.2 Å². The van der Waals surface area contributed by atoms with Crippen molar-refractivity contribution in [2.75, 3.05) is 13.2 Å². The Balaban J connectivity index is 1.85. The second kappa shape index (κ2) is 33.4. The monoisotopic (exact) mass is 935 g/mol. The zero-order valence-electron chi connectivity index (χ0n) is 38.4. The molecule has 11 atom stereocenters. The summed E-state index contributed by atoms with van der Waals surface area (Å²) in [5.41, 5.74) is 0. The average Bonchev–Trinajstić information content (AvgIpc) is 3.53. The second-order valence-corrected chi connectivity index (χ2v) is 19.0. The molecule has 2 saturated carbocycles. The molecule has 11 unspecified atom stereocenters. The van der Waals surface area contributed by atoms with Gasteiger partial charge in [0.25, 0.3) is 0 Å². The summed E-state index contributed by atoms with van der Waals surface area (Å²) in [6.45, 7) is 2.98. The number of unbranched alkanes of at least 4 members (excludes halogenated alkanes) is 14. The molecule has 0 aromatic heterocycles. The van der Waals surface area contributed by atoms with Gasteiger partial charge in [-0.05, 0) is 63.7 Å². The maximum absolute atomic E-state index is 12.9. The van der Waals surface area contributed by atoms with Crippen molar-refractivity contribution in [3.63, 3.8) is 0 Å². The van der Waals surface area contributed by atoms with E-state index < -0.39 is 94.0 Å². The Bertz CT molecular complexity index is 1380. The number of aliphatic hydroxyl groups is 8. The first-order valence-electron chi connectivity index (χ1n) is 24.0. The lowest BCUT2D eigenvalue weighted by Crippen LogP contribution is -2.64. The number of hydrogen-bond acceptors (Lipinski definition) is 15. The number of allylic oxidation sites excluding steroid dienone is 4. The topological polar surface area (TPSA) is 270 Å². The smallest absolute Gasteiger partial charge is 0.462 e. The van der Waals surface area contributed by atoms with Gasteiger partial charge in [-0.15, -0.1) is 0 Å². The largest absolute Gasteiger partial charge is 0.472 e. The summed E-state index contributed by atoms with van der Waals surface area (Å²) in [5, 5.41) is 81.7. The molecule has 0 bridgehead atoms. The highest BCUT2D eigenvalue weighted by molar-refractivity contribution is 7.47. The van der Waals surface area contributed by atoms with Crippen LogP contribution in [0.4, 0.5) is 0 Å². The normalized spacial score (nSPS) is 28.2. The lowest BCUT2D eigenvalue weighted by atomic mass is 9.85. The molecule has 0 saturated heterocycles. The van der Waals surface area contributed by atoms with Gasteiger partial charge in [0.15, 0.2) is 6.10 Å². The molecule has 2 aliphatic rings. The molecule has 0 spiro atoms. The highest BCUT2D eigenvalue weighted by atomic mass is 31.2. The van der Waals surface area contributed by atoms with Gasteiger partial charge in [-0.3, -0.25) is 18.6 Å². The molecular formula is C47H83O16P. The van der Waals surface area contributed by atoms with Gasteiger partial charge in [-0.2, -0.15) is 0 Å². The number of phosphoric acid groups is 1. The Morgan fingerprint density at radius 2 is 1.17 bits per heavy atom. The fourth-order valence-electron chi connectivity index (χ4n) is 8.04. The van der Waals surface area contributed by atoms with E-state index in [1.807, 2.05) is 12.2 Å². The zero-order valence-corrected chi connectivity index (χ0v) is 39.3. The van der Waals surface area contributed by atoms with Crippen LogP contribution in [-0.2, 0) is 32.7 Å². The first kappa shape index (κ1) is 58.1. The summed E-state index contributed by atoms with van der Waals surface area (Å²) in [6.07, 6.45) is 15.6. The molecule has 2 rings (SSSR count). The van der Waals surface area contributed by atoms with Crippen molar-refractivity contribution in [1.82, 2.24) is 0 Å². The van der Waals surface area contributed by atoms with Gasteiger partial charge in [0.1, 0.15) is 43.2 Å². The van der Waals surface area contributed by atoms with Gasteiger partial charge in [0, 0.05) is 25.2 Å². The minimum absolute atomic E-state index is 0.0817. The van der Waals surface area contributed by atoms with E-state index in [1.165, 1.54) is 38.5 Å². The van der Waals surface area contributed by atoms with Crippen LogP contribution in [0.25, 0.3) is 0 Å². The molecule has 0 heterocycles. The third-order valence-electron chi connectivity index (χ3n) is 12.0. The van der Waals surface area contributed by atoms with E-state index in [1.54, 1.807) is 12.2 Å². The van der Waals surface area contributed by atoms with Crippen molar-refractivity contribution in [1.29, 1.82) is 0 Å². The predicted octanol–water partition coefficient (Wildman–Crippen LogP) is 5.77. The first-order valence-corrected chi connectivity index (χ1v) is 25.5. The summed E-state index contributed by atoms with van der Waals surface area (Å²) in [5.74, 6) is -1.84. The Morgan fingerprint density at radius 3 is 1.81 bits per heavy atom. The fourth-order valence-corrected chi connectivity index (χ4v) is 9.01. The van der Waals surface area contributed by atoms with Crippen LogP contribution in [0.2, 0.25) is 0 Å². The number of carbonyl (C=O) groups excluding carboxylic acids is 2. The van der Waals surface area contributed by atoms with Gasteiger partial charge in [0.05, 0.1) is 24.9 Å². The molecule has 372 valence electrons. The Morgan fingerprint density at radius 1 is 0.641 bits per heavy atom. The van der Waals surface area contributed by atoms with E-state index in [4.69, 9.17) is 18.5 Å². The first-order chi connectivity index (χ1) is 30.6. The average molecular weight is 935 g/mol. The molecule has 2 aliphatic carbocycles. The van der Waals surface area contributed by atoms with E-state index in [0.29, 0.717) is 32.1 Å². The standard InChI is InChI=1S/C47H83O16P/c1-3-5-7-8-9-10-11-12-13-14-15-16-17-18-23-27-40(51)60-32-35(33-61-64(58,59)63-47-45(56)43(54)42(53)44(55)46(47)57)62-41(52)28-24-20-19-22-26-36-37(39(50)31-38(36)49)30-29-34(48)25-21-6-4-2/h12-13,19,22,29-30,34-39,42-50,53-57H,3-11,14-18,20-21,23-28,31-33H2,1-2H3,(H,58,59)/b13-12-,22-19-,30-29+. The predicted molar refractivity (Wildman–Crippen MR) is 241 cm³/mol. The van der Waals surface area contributed by atoms with Crippen LogP contribution in [0.1, 0.15) is 162 Å². The quantitative estimate of drug-likeness (QED) is 0.0158. The summed E-state index contributed by atoms with van der Waals surface area (Å²) in [7, 11) is -5.19. The summed E-state index contributed by atoms with van der Waals surface area (Å²) >= 11 is 0. The van der Waals surface area contributed by atoms with Crippen molar-refractivity contribution in [3.05, 3.63) is 36.5 Å². The van der Waals surface area contributed by atoms with Gasteiger partial charge >= 0.3 is 19.8 Å². The number of carbonyl (C=O) groups is 2. The van der Waals surface area contributed by atoms with E-state index in [-0.39, 0.29) is 31.1 Å². The van der Waals surface area contributed by atoms with Crippen molar-refractivity contribution in [2.45, 2.75) is 223 Å². The van der Waals surface area contributed by atoms with Crippen LogP contribution in [0.3, 0.4) is 0 Å². The van der Waals surface area contributed by atoms with Crippen LogP contribution in [0.5, 0.6) is 0 Å². The van der Waals surface area contributed by atoms with Crippen molar-refractivity contribution in [3.8, 4) is 0 Å². The lowest BCUT2D eigenvalue weighted by Gasteiger charge is -2.41. The molecule has 0 aromatic rings. The molecule has 64 heavy (non-hydrogen) atoms. The van der Waals surface area contributed by atoms with E-state index in [0.717, 1.165) is 57.8 Å². The zero-order chi connectivity index (χ0) is 47.3. The summed E-state index contributed by atoms with van der Waals surface area (Å²) in [6, 6.07) is 0. The molecule has 0 aliphatic heterocycles. The fraction of sp³-hybridized carbons (Fsp3) is 0.830. The number of hydrogen-bond donors (Lipinski definition) is 9. The van der Waals surface area contributed by atoms with Crippen molar-refractivity contribution in [2.24, 2.45) is 11.8 Å². The Labute approximate surface area is 381 Å². The molecule has 0 radical (unpaired) electrons. The van der Waals surface area contributed by atoms with Gasteiger partial charge in [0.2, 0.25) is 0 Å². The number of aliphatic hydroxyl groups excluding tert-OH is 8. The van der Waals surface area contributed by atoms with Crippen molar-refractivity contribution < 1.29 is 78.4 Å². The Hall–Kier alpha value is -2.05. The van der Waals surface area contributed by atoms with Gasteiger partial charge in [-0.25, -0.2) is 4.57 Å². The third-order valence-corrected chi connectivity index (χ3v) is 13.0. The minimum atomic E-state index is -5.19. The maximum atomic E-state index is 12.9. The second-order valence-electron chi connectivity index (χ2n) is 17.6. The molecule has 9 N–H and O–H groups in total. The number of ether oxygens (including phenoxy) is 2. The number of rotatable bonds is 35. The highest BCUT2D eigenvalue weighted by Crippen LogP contribution is 2.47. The van der Waals surface area contributed by atoms with E-state index in [9.17, 15) is 59.9 Å². The molecule has 17 heteroatoms. The highest BCUT2D eigenvalue weighted by Gasteiger charge is 2.51.